The lowest BCUT2D eigenvalue weighted by molar-refractivity contribution is -0.0211. The minimum atomic E-state index is 0.308. The van der Waals surface area contributed by atoms with Gasteiger partial charge in [-0.1, -0.05) is 0 Å². The van der Waals surface area contributed by atoms with Crippen molar-refractivity contribution in [3.63, 3.8) is 0 Å². The standard InChI is InChI=1S/C17H34N2O2/c1-13(2)19(14(3)4)9-10-20-12-17-8-7-16(21-17)11-18-15-5-6-15/h13-18H,5-12H2,1-4H3. The van der Waals surface area contributed by atoms with Crippen LogP contribution in [0.15, 0.2) is 0 Å². The molecule has 0 aromatic carbocycles. The number of hydrogen-bond acceptors (Lipinski definition) is 4. The van der Waals surface area contributed by atoms with E-state index >= 15 is 0 Å². The highest BCUT2D eigenvalue weighted by atomic mass is 16.5. The van der Waals surface area contributed by atoms with Gasteiger partial charge >= 0.3 is 0 Å². The second-order valence-corrected chi connectivity index (χ2v) is 7.14. The van der Waals surface area contributed by atoms with E-state index in [0.717, 1.165) is 38.8 Å². The first-order chi connectivity index (χ1) is 10.1. The predicted molar refractivity (Wildman–Crippen MR) is 86.7 cm³/mol. The molecule has 2 atom stereocenters. The molecule has 1 saturated carbocycles. The fourth-order valence-corrected chi connectivity index (χ4v) is 3.14. The van der Waals surface area contributed by atoms with Gasteiger partial charge in [0, 0.05) is 31.2 Å². The van der Waals surface area contributed by atoms with Crippen molar-refractivity contribution in [2.24, 2.45) is 0 Å². The van der Waals surface area contributed by atoms with Gasteiger partial charge in [0.1, 0.15) is 0 Å². The van der Waals surface area contributed by atoms with Gasteiger partial charge in [-0.2, -0.15) is 0 Å². The molecular weight excluding hydrogens is 264 g/mol. The van der Waals surface area contributed by atoms with E-state index in [0.29, 0.717) is 24.3 Å². The van der Waals surface area contributed by atoms with Crippen molar-refractivity contribution in [2.45, 2.75) is 83.7 Å². The Morgan fingerprint density at radius 2 is 1.71 bits per heavy atom. The van der Waals surface area contributed by atoms with Gasteiger partial charge in [0.05, 0.1) is 25.4 Å². The fraction of sp³-hybridized carbons (Fsp3) is 1.00. The highest BCUT2D eigenvalue weighted by Gasteiger charge is 2.28. The molecule has 4 nitrogen and oxygen atoms in total. The maximum atomic E-state index is 6.04. The van der Waals surface area contributed by atoms with Crippen LogP contribution >= 0.6 is 0 Å². The molecule has 2 rings (SSSR count). The molecule has 0 aromatic heterocycles. The summed E-state index contributed by atoms with van der Waals surface area (Å²) in [6.07, 6.45) is 5.74. The van der Waals surface area contributed by atoms with Gasteiger partial charge in [0.2, 0.25) is 0 Å². The summed E-state index contributed by atoms with van der Waals surface area (Å²) in [5, 5.41) is 3.55. The first-order valence-electron chi connectivity index (χ1n) is 8.78. The van der Waals surface area contributed by atoms with Crippen molar-refractivity contribution in [1.82, 2.24) is 10.2 Å². The van der Waals surface area contributed by atoms with Crippen LogP contribution in [0.1, 0.15) is 53.4 Å². The van der Waals surface area contributed by atoms with Gasteiger partial charge in [-0.05, 0) is 53.4 Å². The monoisotopic (exact) mass is 298 g/mol. The molecule has 0 spiro atoms. The van der Waals surface area contributed by atoms with Crippen LogP contribution in [0.4, 0.5) is 0 Å². The number of nitrogens with zero attached hydrogens (tertiary/aromatic N) is 1. The lowest BCUT2D eigenvalue weighted by Gasteiger charge is -2.30. The highest BCUT2D eigenvalue weighted by Crippen LogP contribution is 2.22. The molecule has 1 aliphatic heterocycles. The fourth-order valence-electron chi connectivity index (χ4n) is 3.14. The SMILES string of the molecule is CC(C)N(CCOCC1CCC(CNC2CC2)O1)C(C)C. The quantitative estimate of drug-likeness (QED) is 0.628. The van der Waals surface area contributed by atoms with E-state index in [-0.39, 0.29) is 0 Å². The third-order valence-corrected chi connectivity index (χ3v) is 4.53. The first-order valence-corrected chi connectivity index (χ1v) is 8.78. The largest absolute Gasteiger partial charge is 0.377 e. The second-order valence-electron chi connectivity index (χ2n) is 7.14. The smallest absolute Gasteiger partial charge is 0.0813 e. The number of hydrogen-bond donors (Lipinski definition) is 1. The minimum absolute atomic E-state index is 0.308. The van der Waals surface area contributed by atoms with Crippen LogP contribution in [0.2, 0.25) is 0 Å². The third kappa shape index (κ3) is 6.23. The van der Waals surface area contributed by atoms with Gasteiger partial charge in [-0.25, -0.2) is 0 Å². The average Bonchev–Trinajstić information content (AvgIpc) is 3.14. The summed E-state index contributed by atoms with van der Waals surface area (Å²) in [6.45, 7) is 12.6. The van der Waals surface area contributed by atoms with E-state index < -0.39 is 0 Å². The Bertz CT molecular complexity index is 285. The van der Waals surface area contributed by atoms with Gasteiger partial charge in [-0.15, -0.1) is 0 Å². The third-order valence-electron chi connectivity index (χ3n) is 4.53. The molecule has 124 valence electrons. The van der Waals surface area contributed by atoms with Crippen molar-refractivity contribution in [2.75, 3.05) is 26.3 Å². The van der Waals surface area contributed by atoms with Crippen LogP contribution in [0.5, 0.6) is 0 Å². The molecule has 0 radical (unpaired) electrons. The summed E-state index contributed by atoms with van der Waals surface area (Å²) in [5.41, 5.74) is 0. The van der Waals surface area contributed by atoms with Crippen LogP contribution in [-0.2, 0) is 9.47 Å². The summed E-state index contributed by atoms with van der Waals surface area (Å²) in [4.78, 5) is 2.47. The zero-order chi connectivity index (χ0) is 15.2. The molecule has 2 unspecified atom stereocenters. The molecule has 4 heteroatoms. The van der Waals surface area contributed by atoms with E-state index in [4.69, 9.17) is 9.47 Å². The van der Waals surface area contributed by atoms with Crippen molar-refractivity contribution < 1.29 is 9.47 Å². The maximum absolute atomic E-state index is 6.04. The lowest BCUT2D eigenvalue weighted by Crippen LogP contribution is -2.39. The van der Waals surface area contributed by atoms with E-state index in [9.17, 15) is 0 Å². The van der Waals surface area contributed by atoms with Crippen LogP contribution in [-0.4, -0.2) is 61.5 Å². The number of nitrogens with one attached hydrogen (secondary N) is 1. The van der Waals surface area contributed by atoms with E-state index in [1.54, 1.807) is 0 Å². The topological polar surface area (TPSA) is 33.7 Å². The molecule has 0 amide bonds. The molecule has 2 aliphatic rings. The Morgan fingerprint density at radius 3 is 2.33 bits per heavy atom. The van der Waals surface area contributed by atoms with Gasteiger partial charge in [0.25, 0.3) is 0 Å². The molecule has 0 aromatic rings. The Balaban J connectivity index is 1.52. The minimum Gasteiger partial charge on any atom is -0.377 e. The van der Waals surface area contributed by atoms with Crippen LogP contribution in [0.25, 0.3) is 0 Å². The normalized spacial score (nSPS) is 26.4. The van der Waals surface area contributed by atoms with Crippen molar-refractivity contribution in [1.29, 1.82) is 0 Å². The van der Waals surface area contributed by atoms with Crippen LogP contribution < -0.4 is 5.32 Å². The van der Waals surface area contributed by atoms with E-state index in [1.807, 2.05) is 0 Å². The Morgan fingerprint density at radius 1 is 1.05 bits per heavy atom. The molecule has 21 heavy (non-hydrogen) atoms. The summed E-state index contributed by atoms with van der Waals surface area (Å²) in [7, 11) is 0. The van der Waals surface area contributed by atoms with Gasteiger partial charge in [-0.3, -0.25) is 4.90 Å². The average molecular weight is 298 g/mol. The van der Waals surface area contributed by atoms with E-state index in [2.05, 4.69) is 37.9 Å². The Labute approximate surface area is 130 Å². The lowest BCUT2D eigenvalue weighted by atomic mass is 10.2. The zero-order valence-electron chi connectivity index (χ0n) is 14.3. The molecule has 1 saturated heterocycles. The van der Waals surface area contributed by atoms with Crippen LogP contribution in [0.3, 0.4) is 0 Å². The van der Waals surface area contributed by atoms with Gasteiger partial charge < -0.3 is 14.8 Å². The van der Waals surface area contributed by atoms with Crippen molar-refractivity contribution >= 4 is 0 Å². The summed E-state index contributed by atoms with van der Waals surface area (Å²) in [6, 6.07) is 1.94. The molecule has 1 N–H and O–H groups in total. The molecule has 1 aliphatic carbocycles. The molecular formula is C17H34N2O2. The van der Waals surface area contributed by atoms with Crippen LogP contribution in [0, 0.1) is 0 Å². The Hall–Kier alpha value is -0.160. The number of ether oxygens (including phenoxy) is 2. The molecule has 1 heterocycles. The van der Waals surface area contributed by atoms with Crippen molar-refractivity contribution in [3.8, 4) is 0 Å². The second kappa shape index (κ2) is 8.47. The summed E-state index contributed by atoms with van der Waals surface area (Å²) < 4.78 is 11.9. The maximum Gasteiger partial charge on any atom is 0.0813 e. The highest BCUT2D eigenvalue weighted by molar-refractivity contribution is 4.84. The zero-order valence-corrected chi connectivity index (χ0v) is 14.3. The van der Waals surface area contributed by atoms with Crippen molar-refractivity contribution in [3.05, 3.63) is 0 Å². The first kappa shape index (κ1) is 17.2. The summed E-state index contributed by atoms with van der Waals surface area (Å²) >= 11 is 0. The molecule has 0 bridgehead atoms. The van der Waals surface area contributed by atoms with E-state index in [1.165, 1.54) is 19.3 Å². The van der Waals surface area contributed by atoms with Gasteiger partial charge in [0.15, 0.2) is 0 Å². The molecule has 2 fully saturated rings. The number of rotatable bonds is 10. The predicted octanol–water partition coefficient (Wildman–Crippen LogP) is 2.42. The summed E-state index contributed by atoms with van der Waals surface area (Å²) in [5.74, 6) is 0. The Kier molecular flexibility index (Phi) is 6.93.